The van der Waals surface area contributed by atoms with Gasteiger partial charge < -0.3 is 34.9 Å². The molecule has 0 spiro atoms. The number of aliphatic hydroxyl groups is 4. The fraction of sp³-hybridized carbons (Fsp3) is 0.300. The van der Waals surface area contributed by atoms with Gasteiger partial charge in [0, 0.05) is 0 Å². The van der Waals surface area contributed by atoms with Crippen LogP contribution in [-0.2, 0) is 4.74 Å². The molecule has 1 aromatic heterocycles. The van der Waals surface area contributed by atoms with Crippen molar-refractivity contribution in [3.05, 3.63) is 58.9 Å². The summed E-state index contributed by atoms with van der Waals surface area (Å²) < 4.78 is 11.1. The number of para-hydroxylation sites is 2. The Kier molecular flexibility index (Phi) is 5.31. The number of aromatic amines is 1. The quantitative estimate of drug-likeness (QED) is 0.404. The van der Waals surface area contributed by atoms with Gasteiger partial charge in [-0.3, -0.25) is 4.79 Å². The molecule has 5 N–H and O–H groups in total. The molecule has 0 saturated carbocycles. The van der Waals surface area contributed by atoms with E-state index >= 15 is 0 Å². The molecule has 0 unspecified atom stereocenters. The summed E-state index contributed by atoms with van der Waals surface area (Å²) in [5, 5.41) is 39.9. The van der Waals surface area contributed by atoms with Crippen LogP contribution in [0.3, 0.4) is 0 Å². The number of nitrogens with zero attached hydrogens (tertiary/aromatic N) is 1. The molecule has 1 fully saturated rings. The highest BCUT2D eigenvalue weighted by Crippen LogP contribution is 2.31. The molecular formula is C20H20N2O7. The highest BCUT2D eigenvalue weighted by Gasteiger charge is 2.44. The second-order valence-electron chi connectivity index (χ2n) is 6.74. The molecule has 1 aliphatic heterocycles. The standard InChI is InChI=1S/C20H20N2O7/c23-9-14-15(24)16(25)17(26)20(29-14)28-13-8-4-2-6-11(13)18-21-12-7-3-1-5-10(12)19(27)22-18/h1-8,14-17,20,23-26H,9H2,(H,21,22,27)/t14-,15+,16+,17-,20-/m1/s1. The number of hydrogen-bond donors (Lipinski definition) is 5. The summed E-state index contributed by atoms with van der Waals surface area (Å²) in [6.07, 6.45) is -7.03. The Balaban J connectivity index is 1.70. The van der Waals surface area contributed by atoms with Crippen LogP contribution in [0, 0.1) is 0 Å². The highest BCUT2D eigenvalue weighted by atomic mass is 16.7. The number of hydrogen-bond acceptors (Lipinski definition) is 8. The van der Waals surface area contributed by atoms with Crippen molar-refractivity contribution in [2.45, 2.75) is 30.7 Å². The summed E-state index contributed by atoms with van der Waals surface area (Å²) in [7, 11) is 0. The second kappa shape index (κ2) is 7.90. The van der Waals surface area contributed by atoms with Crippen molar-refractivity contribution in [3.63, 3.8) is 0 Å². The average Bonchev–Trinajstić information content (AvgIpc) is 2.74. The van der Waals surface area contributed by atoms with Gasteiger partial charge in [-0.25, -0.2) is 4.98 Å². The van der Waals surface area contributed by atoms with E-state index in [1.54, 1.807) is 48.5 Å². The van der Waals surface area contributed by atoms with Crippen LogP contribution in [0.15, 0.2) is 53.3 Å². The van der Waals surface area contributed by atoms with Crippen LogP contribution in [0.4, 0.5) is 0 Å². The maximum Gasteiger partial charge on any atom is 0.259 e. The third-order valence-electron chi connectivity index (χ3n) is 4.85. The normalized spacial score (nSPS) is 27.1. The lowest BCUT2D eigenvalue weighted by Gasteiger charge is -2.39. The first-order chi connectivity index (χ1) is 14.0. The van der Waals surface area contributed by atoms with Gasteiger partial charge >= 0.3 is 0 Å². The van der Waals surface area contributed by atoms with Gasteiger partial charge in [0.05, 0.1) is 23.1 Å². The molecule has 29 heavy (non-hydrogen) atoms. The maximum absolute atomic E-state index is 12.4. The summed E-state index contributed by atoms with van der Waals surface area (Å²) in [4.78, 5) is 19.6. The Morgan fingerprint density at radius 3 is 2.52 bits per heavy atom. The lowest BCUT2D eigenvalue weighted by Crippen LogP contribution is -2.60. The first-order valence-corrected chi connectivity index (χ1v) is 9.05. The second-order valence-corrected chi connectivity index (χ2v) is 6.74. The molecule has 0 radical (unpaired) electrons. The van der Waals surface area contributed by atoms with Crippen molar-refractivity contribution >= 4 is 10.9 Å². The third kappa shape index (κ3) is 3.61. The van der Waals surface area contributed by atoms with Crippen molar-refractivity contribution in [2.75, 3.05) is 6.61 Å². The number of fused-ring (bicyclic) bond motifs is 1. The molecule has 3 aromatic rings. The molecule has 0 amide bonds. The SMILES string of the molecule is O=c1[nH]c(-c2ccccc2O[C@@H]2O[C@H](CO)[C@H](O)[C@H](O)[C@H]2O)nc2ccccc12. The number of ether oxygens (including phenoxy) is 2. The van der Waals surface area contributed by atoms with Gasteiger partial charge in [-0.15, -0.1) is 0 Å². The van der Waals surface area contributed by atoms with Gasteiger partial charge in [0.25, 0.3) is 5.56 Å². The van der Waals surface area contributed by atoms with Gasteiger partial charge in [0.2, 0.25) is 6.29 Å². The minimum absolute atomic E-state index is 0.232. The summed E-state index contributed by atoms with van der Waals surface area (Å²) >= 11 is 0. The number of benzene rings is 2. The zero-order valence-electron chi connectivity index (χ0n) is 15.2. The maximum atomic E-state index is 12.4. The van der Waals surface area contributed by atoms with Gasteiger partial charge in [-0.2, -0.15) is 0 Å². The summed E-state index contributed by atoms with van der Waals surface area (Å²) in [5.41, 5.74) is 0.634. The molecule has 2 aromatic carbocycles. The van der Waals surface area contributed by atoms with Gasteiger partial charge in [-0.1, -0.05) is 24.3 Å². The van der Waals surface area contributed by atoms with E-state index < -0.39 is 37.3 Å². The number of H-pyrrole nitrogens is 1. The van der Waals surface area contributed by atoms with Crippen LogP contribution >= 0.6 is 0 Å². The average molecular weight is 400 g/mol. The molecule has 1 aliphatic rings. The molecule has 0 bridgehead atoms. The molecule has 0 aliphatic carbocycles. The van der Waals surface area contributed by atoms with Crippen LogP contribution < -0.4 is 10.3 Å². The molecule has 9 nitrogen and oxygen atoms in total. The Bertz CT molecular complexity index is 1070. The van der Waals surface area contributed by atoms with E-state index in [0.29, 0.717) is 16.5 Å². The zero-order valence-corrected chi connectivity index (χ0v) is 15.2. The largest absolute Gasteiger partial charge is 0.461 e. The highest BCUT2D eigenvalue weighted by molar-refractivity contribution is 5.80. The molecular weight excluding hydrogens is 380 g/mol. The lowest BCUT2D eigenvalue weighted by atomic mass is 9.99. The smallest absolute Gasteiger partial charge is 0.259 e. The first-order valence-electron chi connectivity index (χ1n) is 9.05. The van der Waals surface area contributed by atoms with Crippen LogP contribution in [0.2, 0.25) is 0 Å². The predicted octanol–water partition coefficient (Wildman–Crippen LogP) is -0.231. The number of aromatic nitrogens is 2. The van der Waals surface area contributed by atoms with Crippen LogP contribution in [0.5, 0.6) is 5.75 Å². The summed E-state index contributed by atoms with van der Waals surface area (Å²) in [5.74, 6) is 0.490. The van der Waals surface area contributed by atoms with Crippen molar-refractivity contribution in [1.29, 1.82) is 0 Å². The molecule has 4 rings (SSSR count). The van der Waals surface area contributed by atoms with Crippen molar-refractivity contribution < 1.29 is 29.9 Å². The van der Waals surface area contributed by atoms with E-state index in [0.717, 1.165) is 0 Å². The third-order valence-corrected chi connectivity index (χ3v) is 4.85. The van der Waals surface area contributed by atoms with Crippen molar-refractivity contribution in [2.24, 2.45) is 0 Å². The molecule has 2 heterocycles. The van der Waals surface area contributed by atoms with Gasteiger partial charge in [0.15, 0.2) is 0 Å². The minimum atomic E-state index is -1.56. The number of rotatable bonds is 4. The fourth-order valence-electron chi connectivity index (χ4n) is 3.27. The lowest BCUT2D eigenvalue weighted by molar-refractivity contribution is -0.277. The zero-order chi connectivity index (χ0) is 20.5. The van der Waals surface area contributed by atoms with Crippen molar-refractivity contribution in [3.8, 4) is 17.1 Å². The minimum Gasteiger partial charge on any atom is -0.461 e. The van der Waals surface area contributed by atoms with Crippen LogP contribution in [0.25, 0.3) is 22.3 Å². The molecule has 152 valence electrons. The Labute approximate surface area is 164 Å². The van der Waals surface area contributed by atoms with E-state index in [1.807, 2.05) is 0 Å². The molecule has 5 atom stereocenters. The van der Waals surface area contributed by atoms with Crippen LogP contribution in [0.1, 0.15) is 0 Å². The summed E-state index contributed by atoms with van der Waals surface area (Å²) in [6, 6.07) is 13.6. The molecule has 9 heteroatoms. The monoisotopic (exact) mass is 400 g/mol. The van der Waals surface area contributed by atoms with Gasteiger partial charge in [-0.05, 0) is 24.3 Å². The van der Waals surface area contributed by atoms with Gasteiger partial charge in [0.1, 0.15) is 36.0 Å². The molecule has 1 saturated heterocycles. The Hall–Kier alpha value is -2.82. The fourth-order valence-corrected chi connectivity index (χ4v) is 3.27. The van der Waals surface area contributed by atoms with E-state index in [9.17, 15) is 25.2 Å². The van der Waals surface area contributed by atoms with E-state index in [2.05, 4.69) is 9.97 Å². The number of aliphatic hydroxyl groups excluding tert-OH is 4. The van der Waals surface area contributed by atoms with E-state index in [-0.39, 0.29) is 17.1 Å². The first kappa shape index (κ1) is 19.5. The topological polar surface area (TPSA) is 145 Å². The van der Waals surface area contributed by atoms with E-state index in [4.69, 9.17) is 9.47 Å². The summed E-state index contributed by atoms with van der Waals surface area (Å²) in [6.45, 7) is -0.563. The number of nitrogens with one attached hydrogen (secondary N) is 1. The Morgan fingerprint density at radius 1 is 1.00 bits per heavy atom. The predicted molar refractivity (Wildman–Crippen MR) is 102 cm³/mol. The Morgan fingerprint density at radius 2 is 1.72 bits per heavy atom. The van der Waals surface area contributed by atoms with E-state index in [1.165, 1.54) is 0 Å². The van der Waals surface area contributed by atoms with Crippen molar-refractivity contribution in [1.82, 2.24) is 9.97 Å². The van der Waals surface area contributed by atoms with Crippen LogP contribution in [-0.4, -0.2) is 67.7 Å².